The summed E-state index contributed by atoms with van der Waals surface area (Å²) >= 11 is 5.80. The Morgan fingerprint density at radius 3 is 2.71 bits per heavy atom. The minimum atomic E-state index is -0.532. The first-order valence-electron chi connectivity index (χ1n) is 7.15. The van der Waals surface area contributed by atoms with Crippen LogP contribution in [0.25, 0.3) is 0 Å². The highest BCUT2D eigenvalue weighted by Crippen LogP contribution is 2.16. The smallest absolute Gasteiger partial charge is 0.260 e. The van der Waals surface area contributed by atoms with Crippen molar-refractivity contribution in [3.05, 3.63) is 29.3 Å². The highest BCUT2D eigenvalue weighted by Gasteiger charge is 2.15. The van der Waals surface area contributed by atoms with E-state index < -0.39 is 6.10 Å². The molecule has 1 aliphatic heterocycles. The van der Waals surface area contributed by atoms with Crippen molar-refractivity contribution in [3.8, 4) is 5.75 Å². The number of amides is 1. The molecule has 1 aliphatic rings. The van der Waals surface area contributed by atoms with E-state index in [0.717, 1.165) is 32.8 Å². The third kappa shape index (κ3) is 5.53. The molecule has 1 aromatic carbocycles. The maximum absolute atomic E-state index is 12.0. The van der Waals surface area contributed by atoms with Crippen LogP contribution in [0.5, 0.6) is 5.75 Å². The van der Waals surface area contributed by atoms with E-state index in [4.69, 9.17) is 21.1 Å². The van der Waals surface area contributed by atoms with Crippen molar-refractivity contribution in [3.63, 3.8) is 0 Å². The first-order valence-corrected chi connectivity index (χ1v) is 7.53. The molecule has 1 fully saturated rings. The molecule has 1 heterocycles. The van der Waals surface area contributed by atoms with E-state index in [9.17, 15) is 4.79 Å². The highest BCUT2D eigenvalue weighted by molar-refractivity contribution is 6.30. The standard InChI is InChI=1S/C15H21ClN2O3/c1-12(21-14-4-2-13(16)3-5-14)15(19)17-6-7-18-8-10-20-11-9-18/h2-5,12H,6-11H2,1H3,(H,17,19). The SMILES string of the molecule is CC(Oc1ccc(Cl)cc1)C(=O)NCCN1CCOCC1. The number of hydrogen-bond acceptors (Lipinski definition) is 4. The van der Waals surface area contributed by atoms with Crippen LogP contribution in [-0.4, -0.2) is 56.3 Å². The topological polar surface area (TPSA) is 50.8 Å². The molecular formula is C15H21ClN2O3. The van der Waals surface area contributed by atoms with Gasteiger partial charge in [-0.15, -0.1) is 0 Å². The van der Waals surface area contributed by atoms with Gasteiger partial charge < -0.3 is 14.8 Å². The molecular weight excluding hydrogens is 292 g/mol. The largest absolute Gasteiger partial charge is 0.481 e. The first kappa shape index (κ1) is 16.1. The van der Waals surface area contributed by atoms with Crippen molar-refractivity contribution < 1.29 is 14.3 Å². The third-order valence-electron chi connectivity index (χ3n) is 3.33. The average Bonchev–Trinajstić information content (AvgIpc) is 2.50. The summed E-state index contributed by atoms with van der Waals surface area (Å²) in [5.41, 5.74) is 0. The van der Waals surface area contributed by atoms with Crippen molar-refractivity contribution in [2.24, 2.45) is 0 Å². The molecule has 1 amide bonds. The van der Waals surface area contributed by atoms with Crippen LogP contribution in [0.1, 0.15) is 6.92 Å². The second kappa shape index (κ2) is 8.22. The van der Waals surface area contributed by atoms with Gasteiger partial charge in [-0.2, -0.15) is 0 Å². The van der Waals surface area contributed by atoms with Crippen LogP contribution in [0.2, 0.25) is 5.02 Å². The lowest BCUT2D eigenvalue weighted by molar-refractivity contribution is -0.127. The molecule has 1 N–H and O–H groups in total. The number of halogens is 1. The van der Waals surface area contributed by atoms with Gasteiger partial charge in [-0.3, -0.25) is 9.69 Å². The third-order valence-corrected chi connectivity index (χ3v) is 3.58. The minimum Gasteiger partial charge on any atom is -0.481 e. The monoisotopic (exact) mass is 312 g/mol. The van der Waals surface area contributed by atoms with Gasteiger partial charge in [-0.1, -0.05) is 11.6 Å². The predicted octanol–water partition coefficient (Wildman–Crippen LogP) is 1.56. The van der Waals surface area contributed by atoms with Gasteiger partial charge in [-0.05, 0) is 31.2 Å². The molecule has 0 aromatic heterocycles. The Labute approximate surface area is 130 Å². The number of nitrogens with zero attached hydrogens (tertiary/aromatic N) is 1. The van der Waals surface area contributed by atoms with Gasteiger partial charge in [0.25, 0.3) is 5.91 Å². The number of hydrogen-bond donors (Lipinski definition) is 1. The summed E-state index contributed by atoms with van der Waals surface area (Å²) in [7, 11) is 0. The first-order chi connectivity index (χ1) is 10.1. The molecule has 0 saturated carbocycles. The van der Waals surface area contributed by atoms with Gasteiger partial charge in [0.1, 0.15) is 5.75 Å². The van der Waals surface area contributed by atoms with Crippen LogP contribution in [-0.2, 0) is 9.53 Å². The molecule has 0 spiro atoms. The summed E-state index contributed by atoms with van der Waals surface area (Å²) in [5, 5.41) is 3.53. The summed E-state index contributed by atoms with van der Waals surface area (Å²) in [6.07, 6.45) is -0.532. The second-order valence-corrected chi connectivity index (χ2v) is 5.40. The zero-order chi connectivity index (χ0) is 15.1. The Balaban J connectivity index is 1.68. The average molecular weight is 313 g/mol. The minimum absolute atomic E-state index is 0.113. The van der Waals surface area contributed by atoms with Crippen molar-refractivity contribution in [2.45, 2.75) is 13.0 Å². The molecule has 1 aromatic rings. The lowest BCUT2D eigenvalue weighted by Crippen LogP contribution is -2.43. The fourth-order valence-corrected chi connectivity index (χ4v) is 2.20. The van der Waals surface area contributed by atoms with E-state index in [1.54, 1.807) is 31.2 Å². The maximum Gasteiger partial charge on any atom is 0.260 e. The van der Waals surface area contributed by atoms with Crippen molar-refractivity contribution in [1.82, 2.24) is 10.2 Å². The molecule has 0 bridgehead atoms. The van der Waals surface area contributed by atoms with Crippen LogP contribution < -0.4 is 10.1 Å². The number of rotatable bonds is 6. The van der Waals surface area contributed by atoms with E-state index in [-0.39, 0.29) is 5.91 Å². The highest BCUT2D eigenvalue weighted by atomic mass is 35.5. The molecule has 1 saturated heterocycles. The molecule has 1 unspecified atom stereocenters. The van der Waals surface area contributed by atoms with Crippen LogP contribution in [0.4, 0.5) is 0 Å². The number of carbonyl (C=O) groups excluding carboxylic acids is 1. The summed E-state index contributed by atoms with van der Waals surface area (Å²) < 4.78 is 10.9. The fourth-order valence-electron chi connectivity index (χ4n) is 2.08. The van der Waals surface area contributed by atoms with Crippen LogP contribution >= 0.6 is 11.6 Å². The van der Waals surface area contributed by atoms with Gasteiger partial charge in [0.05, 0.1) is 13.2 Å². The van der Waals surface area contributed by atoms with Gasteiger partial charge in [0.15, 0.2) is 6.10 Å². The Morgan fingerprint density at radius 1 is 1.38 bits per heavy atom. The Bertz CT molecular complexity index is 447. The Morgan fingerprint density at radius 2 is 2.05 bits per heavy atom. The zero-order valence-corrected chi connectivity index (χ0v) is 12.9. The molecule has 116 valence electrons. The zero-order valence-electron chi connectivity index (χ0n) is 12.2. The van der Waals surface area contributed by atoms with Gasteiger partial charge >= 0.3 is 0 Å². The van der Waals surface area contributed by atoms with Gasteiger partial charge in [0.2, 0.25) is 0 Å². The molecule has 5 nitrogen and oxygen atoms in total. The van der Waals surface area contributed by atoms with Crippen LogP contribution in [0, 0.1) is 0 Å². The van der Waals surface area contributed by atoms with E-state index >= 15 is 0 Å². The van der Waals surface area contributed by atoms with Gasteiger partial charge in [0, 0.05) is 31.2 Å². The summed E-state index contributed by atoms with van der Waals surface area (Å²) in [6, 6.07) is 6.97. The predicted molar refractivity (Wildman–Crippen MR) is 81.8 cm³/mol. The molecule has 0 radical (unpaired) electrons. The summed E-state index contributed by atoms with van der Waals surface area (Å²) in [4.78, 5) is 14.2. The second-order valence-electron chi connectivity index (χ2n) is 4.96. The number of morpholine rings is 1. The Hall–Kier alpha value is -1.30. The number of benzene rings is 1. The van der Waals surface area contributed by atoms with E-state index in [2.05, 4.69) is 10.2 Å². The van der Waals surface area contributed by atoms with Gasteiger partial charge in [-0.25, -0.2) is 0 Å². The number of ether oxygens (including phenoxy) is 2. The van der Waals surface area contributed by atoms with Crippen LogP contribution in [0.3, 0.4) is 0 Å². The molecule has 21 heavy (non-hydrogen) atoms. The summed E-state index contributed by atoms with van der Waals surface area (Å²) in [5.74, 6) is 0.522. The van der Waals surface area contributed by atoms with Crippen LogP contribution in [0.15, 0.2) is 24.3 Å². The van der Waals surface area contributed by atoms with E-state index in [1.807, 2.05) is 0 Å². The van der Waals surface area contributed by atoms with Crippen molar-refractivity contribution >= 4 is 17.5 Å². The fraction of sp³-hybridized carbons (Fsp3) is 0.533. The molecule has 6 heteroatoms. The summed E-state index contributed by atoms with van der Waals surface area (Å²) in [6.45, 7) is 6.57. The normalized spacial score (nSPS) is 17.2. The van der Waals surface area contributed by atoms with Crippen molar-refractivity contribution in [2.75, 3.05) is 39.4 Å². The Kier molecular flexibility index (Phi) is 6.29. The lowest BCUT2D eigenvalue weighted by atomic mass is 10.3. The molecule has 0 aliphatic carbocycles. The number of nitrogens with one attached hydrogen (secondary N) is 1. The van der Waals surface area contributed by atoms with E-state index in [0.29, 0.717) is 17.3 Å². The maximum atomic E-state index is 12.0. The molecule has 1 atom stereocenters. The number of carbonyl (C=O) groups is 1. The quantitative estimate of drug-likeness (QED) is 0.866. The van der Waals surface area contributed by atoms with E-state index in [1.165, 1.54) is 0 Å². The lowest BCUT2D eigenvalue weighted by Gasteiger charge is -2.26. The molecule has 2 rings (SSSR count). The van der Waals surface area contributed by atoms with Crippen molar-refractivity contribution in [1.29, 1.82) is 0 Å².